The highest BCUT2D eigenvalue weighted by atomic mass is 32.2. The molecule has 17 heavy (non-hydrogen) atoms. The lowest BCUT2D eigenvalue weighted by Gasteiger charge is -2.17. The number of nitrogens with zero attached hydrogens (tertiary/aromatic N) is 2. The van der Waals surface area contributed by atoms with Gasteiger partial charge in [-0.1, -0.05) is 6.08 Å². The van der Waals surface area contributed by atoms with Gasteiger partial charge in [0.1, 0.15) is 4.90 Å². The summed E-state index contributed by atoms with van der Waals surface area (Å²) in [6.07, 6.45) is 4.24. The van der Waals surface area contributed by atoms with Gasteiger partial charge in [0, 0.05) is 12.4 Å². The second-order valence-electron chi connectivity index (χ2n) is 3.11. The molecule has 8 heteroatoms. The molecule has 1 aromatic rings. The predicted molar refractivity (Wildman–Crippen MR) is 61.8 cm³/mol. The zero-order valence-corrected chi connectivity index (χ0v) is 9.57. The van der Waals surface area contributed by atoms with Gasteiger partial charge in [0.15, 0.2) is 0 Å². The van der Waals surface area contributed by atoms with E-state index < -0.39 is 10.0 Å². The molecule has 0 aromatic carbocycles. The molecule has 0 unspecified atom stereocenters. The highest BCUT2D eigenvalue weighted by Crippen LogP contribution is 2.24. The molecule has 90 valence electrons. The van der Waals surface area contributed by atoms with Crippen molar-refractivity contribution in [3.8, 4) is 0 Å². The summed E-state index contributed by atoms with van der Waals surface area (Å²) in [5, 5.41) is 2.77. The maximum atomic E-state index is 11.7. The first-order chi connectivity index (χ1) is 8.13. The standard InChI is InChI=1S/C9H10N4O3S/c1-2-5-16-12-9-11-7-3-4-10-6-8(7)17(14,15)13-9/h2-4,6H,1,5H2,(H2,11,12,13). The number of sulfonamides is 1. The van der Waals surface area contributed by atoms with Crippen molar-refractivity contribution in [1.29, 1.82) is 0 Å². The molecule has 7 nitrogen and oxygen atoms in total. The topological polar surface area (TPSA) is 92.7 Å². The molecule has 1 aromatic heterocycles. The van der Waals surface area contributed by atoms with E-state index in [-0.39, 0.29) is 17.5 Å². The Bertz CT molecular complexity index is 567. The molecule has 1 aliphatic heterocycles. The van der Waals surface area contributed by atoms with Crippen LogP contribution < -0.4 is 10.8 Å². The fraction of sp³-hybridized carbons (Fsp3) is 0.111. The van der Waals surface area contributed by atoms with E-state index in [1.807, 2.05) is 0 Å². The number of aromatic nitrogens is 1. The lowest BCUT2D eigenvalue weighted by atomic mass is 10.4. The van der Waals surface area contributed by atoms with Gasteiger partial charge >= 0.3 is 0 Å². The minimum atomic E-state index is -3.73. The van der Waals surface area contributed by atoms with E-state index >= 15 is 0 Å². The van der Waals surface area contributed by atoms with Crippen molar-refractivity contribution in [2.45, 2.75) is 4.90 Å². The van der Waals surface area contributed by atoms with E-state index in [0.717, 1.165) is 0 Å². The molecule has 0 saturated heterocycles. The van der Waals surface area contributed by atoms with Gasteiger partial charge in [0.25, 0.3) is 10.0 Å². The van der Waals surface area contributed by atoms with Gasteiger partial charge < -0.3 is 5.32 Å². The average molecular weight is 254 g/mol. The lowest BCUT2D eigenvalue weighted by Crippen LogP contribution is -2.34. The monoisotopic (exact) mass is 254 g/mol. The van der Waals surface area contributed by atoms with Crippen LogP contribution in [0.25, 0.3) is 0 Å². The van der Waals surface area contributed by atoms with E-state index in [1.54, 1.807) is 0 Å². The number of guanidine groups is 1. The van der Waals surface area contributed by atoms with Crippen LogP contribution in [0.3, 0.4) is 0 Å². The van der Waals surface area contributed by atoms with Crippen molar-refractivity contribution in [2.75, 3.05) is 11.9 Å². The van der Waals surface area contributed by atoms with Crippen molar-refractivity contribution in [1.82, 2.24) is 10.5 Å². The molecular weight excluding hydrogens is 244 g/mol. The molecular formula is C9H10N4O3S. The third-order valence-electron chi connectivity index (χ3n) is 1.90. The Labute approximate surface area is 98.2 Å². The van der Waals surface area contributed by atoms with E-state index in [1.165, 1.54) is 24.5 Å². The van der Waals surface area contributed by atoms with Crippen LogP contribution in [-0.2, 0) is 14.9 Å². The molecule has 0 saturated carbocycles. The number of pyridine rings is 1. The van der Waals surface area contributed by atoms with E-state index in [2.05, 4.69) is 26.8 Å². The number of hydrogen-bond acceptors (Lipinski definition) is 6. The highest BCUT2D eigenvalue weighted by Gasteiger charge is 2.24. The fourth-order valence-corrected chi connectivity index (χ4v) is 2.23. The maximum Gasteiger partial charge on any atom is 0.289 e. The van der Waals surface area contributed by atoms with Gasteiger partial charge in [-0.05, 0) is 6.07 Å². The summed E-state index contributed by atoms with van der Waals surface area (Å²) in [7, 11) is -3.73. The van der Waals surface area contributed by atoms with Gasteiger partial charge in [0.2, 0.25) is 5.96 Å². The van der Waals surface area contributed by atoms with Crippen molar-refractivity contribution in [3.63, 3.8) is 0 Å². The van der Waals surface area contributed by atoms with Crippen LogP contribution in [0.2, 0.25) is 0 Å². The minimum absolute atomic E-state index is 0.00514. The van der Waals surface area contributed by atoms with Gasteiger partial charge in [-0.3, -0.25) is 9.82 Å². The zero-order valence-electron chi connectivity index (χ0n) is 8.75. The Morgan fingerprint density at radius 3 is 3.18 bits per heavy atom. The SMILES string of the molecule is C=CCONC1=NS(=O)(=O)c2cnccc2N1. The first-order valence-electron chi connectivity index (χ1n) is 4.68. The van der Waals surface area contributed by atoms with Crippen molar-refractivity contribution >= 4 is 21.7 Å². The molecule has 2 heterocycles. The zero-order chi connectivity index (χ0) is 12.3. The van der Waals surface area contributed by atoms with Crippen LogP contribution in [0.15, 0.2) is 40.4 Å². The minimum Gasteiger partial charge on any atom is -0.322 e. The van der Waals surface area contributed by atoms with E-state index in [9.17, 15) is 8.42 Å². The second-order valence-corrected chi connectivity index (χ2v) is 4.69. The van der Waals surface area contributed by atoms with Crippen molar-refractivity contribution < 1.29 is 13.3 Å². The summed E-state index contributed by atoms with van der Waals surface area (Å²) in [6, 6.07) is 1.54. The Kier molecular flexibility index (Phi) is 3.07. The molecule has 0 fully saturated rings. The van der Waals surface area contributed by atoms with Gasteiger partial charge in [-0.25, -0.2) is 5.48 Å². The van der Waals surface area contributed by atoms with Crippen LogP contribution in [0, 0.1) is 0 Å². The third-order valence-corrected chi connectivity index (χ3v) is 3.20. The lowest BCUT2D eigenvalue weighted by molar-refractivity contribution is 0.111. The quantitative estimate of drug-likeness (QED) is 0.456. The van der Waals surface area contributed by atoms with Crippen molar-refractivity contribution in [3.05, 3.63) is 31.1 Å². The number of hydrogen-bond donors (Lipinski definition) is 2. The first kappa shape index (κ1) is 11.6. The Hall–Kier alpha value is -1.93. The highest BCUT2D eigenvalue weighted by molar-refractivity contribution is 7.90. The van der Waals surface area contributed by atoms with Gasteiger partial charge in [-0.2, -0.15) is 8.42 Å². The fourth-order valence-electron chi connectivity index (χ4n) is 1.22. The molecule has 0 spiro atoms. The van der Waals surface area contributed by atoms with Crippen molar-refractivity contribution in [2.24, 2.45) is 4.40 Å². The number of nitrogens with one attached hydrogen (secondary N) is 2. The average Bonchev–Trinajstić information content (AvgIpc) is 2.29. The number of fused-ring (bicyclic) bond motifs is 1. The molecule has 0 bridgehead atoms. The molecule has 2 rings (SSSR count). The summed E-state index contributed by atoms with van der Waals surface area (Å²) in [6.45, 7) is 3.68. The number of rotatable bonds is 3. The van der Waals surface area contributed by atoms with Crippen LogP contribution in [0.1, 0.15) is 0 Å². The summed E-state index contributed by atoms with van der Waals surface area (Å²) >= 11 is 0. The summed E-state index contributed by atoms with van der Waals surface area (Å²) in [5.74, 6) is 0.00514. The Morgan fingerprint density at radius 1 is 1.59 bits per heavy atom. The molecule has 0 amide bonds. The Morgan fingerprint density at radius 2 is 2.41 bits per heavy atom. The summed E-state index contributed by atoms with van der Waals surface area (Å²) < 4.78 is 27.0. The smallest absolute Gasteiger partial charge is 0.289 e. The van der Waals surface area contributed by atoms with E-state index in [0.29, 0.717) is 5.69 Å². The molecule has 1 aliphatic rings. The van der Waals surface area contributed by atoms with Crippen LogP contribution in [0.4, 0.5) is 5.69 Å². The molecule has 0 aliphatic carbocycles. The molecule has 0 atom stereocenters. The first-order valence-corrected chi connectivity index (χ1v) is 6.12. The van der Waals surface area contributed by atoms with Crippen LogP contribution >= 0.6 is 0 Å². The molecule has 0 radical (unpaired) electrons. The van der Waals surface area contributed by atoms with Crippen LogP contribution in [-0.4, -0.2) is 26.0 Å². The number of anilines is 1. The maximum absolute atomic E-state index is 11.7. The number of hydroxylamine groups is 1. The third kappa shape index (κ3) is 2.43. The summed E-state index contributed by atoms with van der Waals surface area (Å²) in [4.78, 5) is 8.67. The summed E-state index contributed by atoms with van der Waals surface area (Å²) in [5.41, 5.74) is 2.79. The second kappa shape index (κ2) is 4.52. The van der Waals surface area contributed by atoms with E-state index in [4.69, 9.17) is 4.84 Å². The van der Waals surface area contributed by atoms with Gasteiger partial charge in [-0.15, -0.1) is 11.0 Å². The van der Waals surface area contributed by atoms with Crippen LogP contribution in [0.5, 0.6) is 0 Å². The predicted octanol–water partition coefficient (Wildman–Crippen LogP) is 0.259. The largest absolute Gasteiger partial charge is 0.322 e. The molecule has 2 N–H and O–H groups in total. The van der Waals surface area contributed by atoms with Gasteiger partial charge in [0.05, 0.1) is 12.3 Å². The Balaban J connectivity index is 2.26. The normalized spacial score (nSPS) is 16.4.